The van der Waals surface area contributed by atoms with Gasteiger partial charge in [-0.05, 0) is 31.0 Å². The third-order valence-corrected chi connectivity index (χ3v) is 3.30. The maximum absolute atomic E-state index is 12.2. The monoisotopic (exact) mass is 278 g/mol. The second-order valence-electron chi connectivity index (χ2n) is 4.85. The predicted octanol–water partition coefficient (Wildman–Crippen LogP) is 3.12. The Morgan fingerprint density at radius 2 is 2.05 bits per heavy atom. The molecule has 5 heteroatoms. The van der Waals surface area contributed by atoms with Crippen LogP contribution in [0.25, 0.3) is 0 Å². The molecule has 1 aromatic rings. The van der Waals surface area contributed by atoms with Crippen LogP contribution in [0, 0.1) is 5.92 Å². The lowest BCUT2D eigenvalue weighted by atomic mass is 9.98. The summed E-state index contributed by atoms with van der Waals surface area (Å²) in [5.41, 5.74) is 6.25. The number of carbonyl (C=O) groups excluding carboxylic acids is 1. The molecule has 0 fully saturated rings. The molecule has 0 saturated heterocycles. The minimum atomic E-state index is -1.10. The van der Waals surface area contributed by atoms with E-state index >= 15 is 0 Å². The largest absolute Gasteiger partial charge is 0.478 e. The molecule has 4 N–H and O–H groups in total. The molecule has 0 bridgehead atoms. The van der Waals surface area contributed by atoms with Crippen molar-refractivity contribution in [3.63, 3.8) is 0 Å². The third kappa shape index (κ3) is 4.26. The van der Waals surface area contributed by atoms with Crippen LogP contribution in [0.2, 0.25) is 0 Å². The van der Waals surface area contributed by atoms with Gasteiger partial charge < -0.3 is 16.2 Å². The van der Waals surface area contributed by atoms with Crippen molar-refractivity contribution in [2.75, 3.05) is 11.1 Å². The molecule has 1 unspecified atom stereocenters. The van der Waals surface area contributed by atoms with Crippen molar-refractivity contribution in [2.45, 2.75) is 39.5 Å². The van der Waals surface area contributed by atoms with Gasteiger partial charge in [0.25, 0.3) is 0 Å². The van der Waals surface area contributed by atoms with Crippen LogP contribution in [0.5, 0.6) is 0 Å². The Bertz CT molecular complexity index is 486. The van der Waals surface area contributed by atoms with Crippen LogP contribution in [-0.2, 0) is 4.79 Å². The van der Waals surface area contributed by atoms with Gasteiger partial charge in [0.15, 0.2) is 0 Å². The van der Waals surface area contributed by atoms with Crippen LogP contribution in [0.3, 0.4) is 0 Å². The number of nitrogens with two attached hydrogens (primary N) is 1. The summed E-state index contributed by atoms with van der Waals surface area (Å²) in [6.07, 6.45) is 3.57. The highest BCUT2D eigenvalue weighted by Crippen LogP contribution is 2.21. The number of carboxylic acids is 1. The Morgan fingerprint density at radius 1 is 1.35 bits per heavy atom. The number of nitrogens with one attached hydrogen (secondary N) is 1. The number of rotatable bonds is 7. The number of carboxylic acid groups (broad SMARTS) is 1. The molecule has 110 valence electrons. The highest BCUT2D eigenvalue weighted by Gasteiger charge is 2.18. The normalized spacial score (nSPS) is 11.9. The van der Waals surface area contributed by atoms with E-state index in [-0.39, 0.29) is 17.4 Å². The standard InChI is InChI=1S/C15H22N2O3/c1-3-5-6-10(4-2)14(18)17-13-8-7-11(16)9-12(13)15(19)20/h7-10H,3-6,16H2,1-2H3,(H,17,18)(H,19,20). The first-order valence-corrected chi connectivity index (χ1v) is 6.93. The van der Waals surface area contributed by atoms with E-state index in [0.29, 0.717) is 11.4 Å². The van der Waals surface area contributed by atoms with Crippen molar-refractivity contribution in [2.24, 2.45) is 5.92 Å². The van der Waals surface area contributed by atoms with Crippen LogP contribution < -0.4 is 11.1 Å². The molecule has 0 radical (unpaired) electrons. The Hall–Kier alpha value is -2.04. The van der Waals surface area contributed by atoms with Crippen molar-refractivity contribution in [1.82, 2.24) is 0 Å². The summed E-state index contributed by atoms with van der Waals surface area (Å²) >= 11 is 0. The van der Waals surface area contributed by atoms with Crippen molar-refractivity contribution < 1.29 is 14.7 Å². The summed E-state index contributed by atoms with van der Waals surface area (Å²) in [5.74, 6) is -1.32. The number of unbranched alkanes of at least 4 members (excludes halogenated alkanes) is 1. The zero-order valence-electron chi connectivity index (χ0n) is 12.0. The van der Waals surface area contributed by atoms with Gasteiger partial charge in [0, 0.05) is 11.6 Å². The van der Waals surface area contributed by atoms with Crippen LogP contribution >= 0.6 is 0 Å². The lowest BCUT2D eigenvalue weighted by Gasteiger charge is -2.16. The molecule has 20 heavy (non-hydrogen) atoms. The second kappa shape index (κ2) is 7.53. The van der Waals surface area contributed by atoms with Crippen molar-refractivity contribution in [3.05, 3.63) is 23.8 Å². The minimum Gasteiger partial charge on any atom is -0.478 e. The minimum absolute atomic E-state index is 0.0173. The molecule has 0 aliphatic carbocycles. The second-order valence-corrected chi connectivity index (χ2v) is 4.85. The fourth-order valence-corrected chi connectivity index (χ4v) is 2.05. The van der Waals surface area contributed by atoms with Gasteiger partial charge in [-0.25, -0.2) is 4.79 Å². The van der Waals surface area contributed by atoms with E-state index in [1.165, 1.54) is 12.1 Å². The van der Waals surface area contributed by atoms with E-state index in [1.54, 1.807) is 6.07 Å². The number of nitrogen functional groups attached to an aromatic ring is 1. The summed E-state index contributed by atoms with van der Waals surface area (Å²) in [4.78, 5) is 23.3. The molecule has 1 aromatic carbocycles. The number of amides is 1. The summed E-state index contributed by atoms with van der Waals surface area (Å²) in [6.45, 7) is 4.04. The fraction of sp³-hybridized carbons (Fsp3) is 0.467. The van der Waals surface area contributed by atoms with Gasteiger partial charge in [-0.3, -0.25) is 4.79 Å². The zero-order chi connectivity index (χ0) is 15.1. The van der Waals surface area contributed by atoms with Crippen molar-refractivity contribution in [3.8, 4) is 0 Å². The number of benzene rings is 1. The van der Waals surface area contributed by atoms with Crippen molar-refractivity contribution in [1.29, 1.82) is 0 Å². The van der Waals surface area contributed by atoms with Gasteiger partial charge in [-0.15, -0.1) is 0 Å². The molecule has 0 aromatic heterocycles. The Balaban J connectivity index is 2.86. The molecular weight excluding hydrogens is 256 g/mol. The molecule has 5 nitrogen and oxygen atoms in total. The Labute approximate surface area is 119 Å². The lowest BCUT2D eigenvalue weighted by Crippen LogP contribution is -2.23. The lowest BCUT2D eigenvalue weighted by molar-refractivity contribution is -0.120. The Morgan fingerprint density at radius 3 is 2.60 bits per heavy atom. The molecule has 0 aliphatic rings. The molecule has 1 rings (SSSR count). The van der Waals surface area contributed by atoms with E-state index < -0.39 is 5.97 Å². The summed E-state index contributed by atoms with van der Waals surface area (Å²) in [7, 11) is 0. The van der Waals surface area contributed by atoms with Crippen molar-refractivity contribution >= 4 is 23.3 Å². The van der Waals surface area contributed by atoms with Gasteiger partial charge in [0.05, 0.1) is 11.3 Å². The number of hydrogen-bond acceptors (Lipinski definition) is 3. The van der Waals surface area contributed by atoms with E-state index in [1.807, 2.05) is 6.92 Å². The van der Waals surface area contributed by atoms with Gasteiger partial charge in [0.2, 0.25) is 5.91 Å². The summed E-state index contributed by atoms with van der Waals surface area (Å²) in [6, 6.07) is 4.46. The number of carbonyl (C=O) groups is 2. The molecular formula is C15H22N2O3. The van der Waals surface area contributed by atoms with Gasteiger partial charge in [0.1, 0.15) is 0 Å². The molecule has 0 heterocycles. The maximum atomic E-state index is 12.2. The SMILES string of the molecule is CCCCC(CC)C(=O)Nc1ccc(N)cc1C(=O)O. The first kappa shape index (κ1) is 16.0. The average molecular weight is 278 g/mol. The number of aromatic carboxylic acids is 1. The molecule has 0 aliphatic heterocycles. The van der Waals surface area contributed by atoms with Crippen LogP contribution in [0.4, 0.5) is 11.4 Å². The molecule has 0 spiro atoms. The maximum Gasteiger partial charge on any atom is 0.337 e. The van der Waals surface area contributed by atoms with E-state index in [2.05, 4.69) is 12.2 Å². The molecule has 1 atom stereocenters. The first-order valence-electron chi connectivity index (χ1n) is 6.93. The Kier molecular flexibility index (Phi) is 6.03. The van der Waals surface area contributed by atoms with Crippen LogP contribution in [-0.4, -0.2) is 17.0 Å². The number of anilines is 2. The average Bonchev–Trinajstić information content (AvgIpc) is 2.41. The van der Waals surface area contributed by atoms with E-state index in [9.17, 15) is 9.59 Å². The first-order chi connectivity index (χ1) is 9.49. The summed E-state index contributed by atoms with van der Waals surface area (Å²) in [5, 5.41) is 11.8. The van der Waals surface area contributed by atoms with Gasteiger partial charge >= 0.3 is 5.97 Å². The smallest absolute Gasteiger partial charge is 0.337 e. The zero-order valence-corrected chi connectivity index (χ0v) is 12.0. The predicted molar refractivity (Wildman–Crippen MR) is 79.7 cm³/mol. The fourth-order valence-electron chi connectivity index (χ4n) is 2.05. The third-order valence-electron chi connectivity index (χ3n) is 3.30. The van der Waals surface area contributed by atoms with Gasteiger partial charge in [-0.2, -0.15) is 0 Å². The molecule has 1 amide bonds. The summed E-state index contributed by atoms with van der Waals surface area (Å²) < 4.78 is 0. The highest BCUT2D eigenvalue weighted by molar-refractivity contribution is 6.01. The van der Waals surface area contributed by atoms with Crippen LogP contribution in [0.15, 0.2) is 18.2 Å². The van der Waals surface area contributed by atoms with E-state index in [0.717, 1.165) is 25.7 Å². The highest BCUT2D eigenvalue weighted by atomic mass is 16.4. The topological polar surface area (TPSA) is 92.4 Å². The quantitative estimate of drug-likeness (QED) is 0.668. The molecule has 0 saturated carbocycles. The van der Waals surface area contributed by atoms with E-state index in [4.69, 9.17) is 10.8 Å². The number of hydrogen-bond donors (Lipinski definition) is 3. The van der Waals surface area contributed by atoms with Crippen LogP contribution in [0.1, 0.15) is 49.9 Å². The van der Waals surface area contributed by atoms with Gasteiger partial charge in [-0.1, -0.05) is 26.7 Å².